The van der Waals surface area contributed by atoms with Gasteiger partial charge in [0, 0.05) is 6.08 Å². The number of hydrogen-bond acceptors (Lipinski definition) is 7. The monoisotopic (exact) mass is 494 g/mol. The van der Waals surface area contributed by atoms with E-state index in [9.17, 15) is 4.79 Å². The Morgan fingerprint density at radius 3 is 2.36 bits per heavy atom. The molecule has 1 fully saturated rings. The fourth-order valence-electron chi connectivity index (χ4n) is 4.75. The maximum atomic E-state index is 12.7. The zero-order chi connectivity index (χ0) is 25.3. The largest absolute Gasteiger partial charge is 0.497 e. The lowest BCUT2D eigenvalue weighted by atomic mass is 9.86. The lowest BCUT2D eigenvalue weighted by molar-refractivity contribution is -0.145. The molecular weight excluding hydrogens is 464 g/mol. The highest BCUT2D eigenvalue weighted by Gasteiger charge is 2.55. The second-order valence-corrected chi connectivity index (χ2v) is 8.85. The molecule has 9 heteroatoms. The Morgan fingerprint density at radius 2 is 1.78 bits per heavy atom. The Balaban J connectivity index is 1.29. The van der Waals surface area contributed by atoms with Crippen LogP contribution in [0.2, 0.25) is 0 Å². The summed E-state index contributed by atoms with van der Waals surface area (Å²) in [6.07, 6.45) is 4.24. The predicted octanol–water partition coefficient (Wildman–Crippen LogP) is 4.22. The van der Waals surface area contributed by atoms with E-state index < -0.39 is 5.97 Å². The van der Waals surface area contributed by atoms with Gasteiger partial charge >= 0.3 is 5.97 Å². The van der Waals surface area contributed by atoms with Gasteiger partial charge in [-0.15, -0.1) is 0 Å². The number of fused-ring (bicyclic) bond motifs is 2. The van der Waals surface area contributed by atoms with Crippen molar-refractivity contribution in [1.82, 2.24) is 9.78 Å². The van der Waals surface area contributed by atoms with E-state index in [1.54, 1.807) is 46.6 Å². The lowest BCUT2D eigenvalue weighted by Gasteiger charge is -2.35. The smallest absolute Gasteiger partial charge is 0.331 e. The summed E-state index contributed by atoms with van der Waals surface area (Å²) in [6, 6.07) is 11.5. The van der Waals surface area contributed by atoms with Crippen LogP contribution in [-0.2, 0) is 26.4 Å². The molecule has 1 N–H and O–H groups in total. The van der Waals surface area contributed by atoms with Gasteiger partial charge < -0.3 is 28.4 Å². The Morgan fingerprint density at radius 1 is 1.08 bits per heavy atom. The second-order valence-electron chi connectivity index (χ2n) is 8.85. The first-order chi connectivity index (χ1) is 17.5. The number of benzene rings is 2. The molecule has 0 saturated carbocycles. The Bertz CT molecular complexity index is 1240. The van der Waals surface area contributed by atoms with Crippen molar-refractivity contribution in [1.29, 1.82) is 0 Å². The number of H-pyrrole nitrogens is 1. The van der Waals surface area contributed by atoms with E-state index in [0.29, 0.717) is 36.8 Å². The number of carbonyl (C=O) groups is 1. The quantitative estimate of drug-likeness (QED) is 0.270. The van der Waals surface area contributed by atoms with Gasteiger partial charge in [0.2, 0.25) is 5.75 Å². The van der Waals surface area contributed by atoms with Crippen molar-refractivity contribution in [2.45, 2.75) is 31.1 Å². The number of nitrogens with one attached hydrogen (secondary N) is 1. The molecule has 2 atom stereocenters. The molecule has 190 valence electrons. The molecule has 1 saturated heterocycles. The zero-order valence-electron chi connectivity index (χ0n) is 20.8. The molecule has 2 heterocycles. The summed E-state index contributed by atoms with van der Waals surface area (Å²) in [5, 5.41) is 3.38. The van der Waals surface area contributed by atoms with Crippen molar-refractivity contribution < 1.29 is 33.2 Å². The summed E-state index contributed by atoms with van der Waals surface area (Å²) in [5.41, 5.74) is 3.60. The van der Waals surface area contributed by atoms with Crippen molar-refractivity contribution in [3.8, 4) is 23.0 Å². The van der Waals surface area contributed by atoms with Crippen molar-refractivity contribution in [2.24, 2.45) is 0 Å². The summed E-state index contributed by atoms with van der Waals surface area (Å²) in [5.74, 6) is 1.91. The highest BCUT2D eigenvalue weighted by molar-refractivity contribution is 5.87. The van der Waals surface area contributed by atoms with Crippen molar-refractivity contribution >= 4 is 12.0 Å². The van der Waals surface area contributed by atoms with E-state index >= 15 is 0 Å². The molecule has 9 nitrogen and oxygen atoms in total. The fraction of sp³-hybridized carbons (Fsp3) is 0.370. The third kappa shape index (κ3) is 4.42. The fourth-order valence-corrected chi connectivity index (χ4v) is 4.75. The molecule has 1 aliphatic heterocycles. The van der Waals surface area contributed by atoms with Gasteiger partial charge in [0.1, 0.15) is 17.5 Å². The van der Waals surface area contributed by atoms with Crippen LogP contribution in [0.3, 0.4) is 0 Å². The van der Waals surface area contributed by atoms with E-state index in [1.807, 2.05) is 24.3 Å². The number of aromatic nitrogens is 2. The first-order valence-corrected chi connectivity index (χ1v) is 11.7. The molecule has 1 aromatic heterocycles. The minimum Gasteiger partial charge on any atom is -0.497 e. The van der Waals surface area contributed by atoms with E-state index in [-0.39, 0.29) is 11.7 Å². The Kier molecular flexibility index (Phi) is 6.40. The number of rotatable bonds is 9. The average molecular weight is 495 g/mol. The van der Waals surface area contributed by atoms with Crippen molar-refractivity contribution in [3.63, 3.8) is 0 Å². The van der Waals surface area contributed by atoms with E-state index in [0.717, 1.165) is 34.7 Å². The van der Waals surface area contributed by atoms with Crippen LogP contribution in [-0.4, -0.2) is 50.8 Å². The van der Waals surface area contributed by atoms with Crippen LogP contribution in [0.15, 0.2) is 42.5 Å². The molecule has 2 aromatic carbocycles. The van der Waals surface area contributed by atoms with Gasteiger partial charge in [-0.3, -0.25) is 9.78 Å². The van der Waals surface area contributed by atoms with Gasteiger partial charge in [0.15, 0.2) is 11.5 Å². The number of esters is 1. The SMILES string of the molecule is COc1ccc(Cn2[nH]c3c2[C@@]2(CC[C@H]3OC(=O)/C=C/c3cc(OC)c(OC)c(OC)c3)CO2)cc1. The average Bonchev–Trinajstić information content (AvgIpc) is 3.65. The number of epoxide rings is 1. The van der Waals surface area contributed by atoms with Gasteiger partial charge in [-0.1, -0.05) is 12.1 Å². The molecule has 1 spiro atoms. The molecule has 0 amide bonds. The van der Waals surface area contributed by atoms with E-state index in [4.69, 9.17) is 28.4 Å². The first kappa shape index (κ1) is 23.9. The zero-order valence-corrected chi connectivity index (χ0v) is 20.8. The summed E-state index contributed by atoms with van der Waals surface area (Å²) in [7, 11) is 6.30. The maximum absolute atomic E-state index is 12.7. The normalized spacial score (nSPS) is 20.3. The van der Waals surface area contributed by atoms with Crippen LogP contribution in [0.1, 0.15) is 41.5 Å². The van der Waals surface area contributed by atoms with Crippen LogP contribution in [0.5, 0.6) is 23.0 Å². The maximum Gasteiger partial charge on any atom is 0.331 e. The molecule has 3 aromatic rings. The lowest BCUT2D eigenvalue weighted by Crippen LogP contribution is -2.36. The summed E-state index contributed by atoms with van der Waals surface area (Å²) in [6.45, 7) is 1.37. The van der Waals surface area contributed by atoms with Gasteiger partial charge in [-0.05, 0) is 54.3 Å². The Labute approximate surface area is 209 Å². The molecular formula is C27H30N2O7. The molecule has 36 heavy (non-hydrogen) atoms. The van der Waals surface area contributed by atoms with E-state index in [1.165, 1.54) is 6.08 Å². The van der Waals surface area contributed by atoms with Crippen LogP contribution < -0.4 is 18.9 Å². The molecule has 0 unspecified atom stereocenters. The summed E-state index contributed by atoms with van der Waals surface area (Å²) in [4.78, 5) is 12.7. The number of aromatic amines is 1. The molecule has 0 bridgehead atoms. The molecule has 0 radical (unpaired) electrons. The topological polar surface area (TPSA) is 96.5 Å². The van der Waals surface area contributed by atoms with Gasteiger partial charge in [0.05, 0.1) is 53.0 Å². The van der Waals surface area contributed by atoms with Crippen molar-refractivity contribution in [2.75, 3.05) is 35.0 Å². The van der Waals surface area contributed by atoms with Crippen LogP contribution in [0.25, 0.3) is 6.08 Å². The molecule has 5 rings (SSSR count). The van der Waals surface area contributed by atoms with E-state index in [2.05, 4.69) is 9.78 Å². The van der Waals surface area contributed by atoms with Gasteiger partial charge in [-0.2, -0.15) is 0 Å². The number of hydrogen-bond donors (Lipinski definition) is 1. The third-order valence-corrected chi connectivity index (χ3v) is 6.69. The van der Waals surface area contributed by atoms with Crippen LogP contribution in [0, 0.1) is 0 Å². The molecule has 1 aliphatic carbocycles. The van der Waals surface area contributed by atoms with Gasteiger partial charge in [0.25, 0.3) is 0 Å². The highest BCUT2D eigenvalue weighted by atomic mass is 16.6. The third-order valence-electron chi connectivity index (χ3n) is 6.69. The van der Waals surface area contributed by atoms with Crippen LogP contribution >= 0.6 is 0 Å². The minimum absolute atomic E-state index is 0.262. The number of nitrogens with zero attached hydrogens (tertiary/aromatic N) is 1. The Hall–Kier alpha value is -3.85. The summed E-state index contributed by atoms with van der Waals surface area (Å²) >= 11 is 0. The first-order valence-electron chi connectivity index (χ1n) is 11.7. The predicted molar refractivity (Wildman–Crippen MR) is 132 cm³/mol. The minimum atomic E-state index is -0.427. The number of methoxy groups -OCH3 is 4. The van der Waals surface area contributed by atoms with Gasteiger partial charge in [-0.25, -0.2) is 4.79 Å². The number of carbonyl (C=O) groups excluding carboxylic acids is 1. The van der Waals surface area contributed by atoms with Crippen LogP contribution in [0.4, 0.5) is 0 Å². The second kappa shape index (κ2) is 9.66. The number of ether oxygens (including phenoxy) is 6. The summed E-state index contributed by atoms with van der Waals surface area (Å²) < 4.78 is 35.1. The standard InChI is InChI=1S/C27H30N2O7/c1-31-19-8-5-17(6-9-19)15-29-26-24(28-29)20(11-12-27(26)16-35-27)36-23(30)10-7-18-13-21(32-2)25(34-4)22(14-18)33-3/h5-10,13-14,20,28H,11-12,15-16H2,1-4H3/b10-7+/t20-,27-/m1/s1. The highest BCUT2D eigenvalue weighted by Crippen LogP contribution is 2.52. The van der Waals surface area contributed by atoms with Crippen molar-refractivity contribution in [3.05, 3.63) is 65.0 Å². The molecule has 2 aliphatic rings.